The third kappa shape index (κ3) is 3.70. The molecule has 22 heavy (non-hydrogen) atoms. The Hall–Kier alpha value is -0.910. The van der Waals surface area contributed by atoms with Crippen LogP contribution in [0.2, 0.25) is 0 Å². The van der Waals surface area contributed by atoms with Gasteiger partial charge in [0.2, 0.25) is 5.89 Å². The molecule has 1 N–H and O–H groups in total. The summed E-state index contributed by atoms with van der Waals surface area (Å²) >= 11 is 0. The molecule has 0 spiro atoms. The van der Waals surface area contributed by atoms with Crippen LogP contribution in [0.25, 0.3) is 0 Å². The predicted molar refractivity (Wildman–Crippen MR) is 85.7 cm³/mol. The van der Waals surface area contributed by atoms with Gasteiger partial charge in [0.15, 0.2) is 0 Å². The van der Waals surface area contributed by atoms with Crippen molar-refractivity contribution >= 4 is 0 Å². The van der Waals surface area contributed by atoms with Crippen molar-refractivity contribution in [3.8, 4) is 0 Å². The first-order valence-electron chi connectivity index (χ1n) is 8.67. The van der Waals surface area contributed by atoms with Gasteiger partial charge < -0.3 is 14.4 Å². The maximum atomic E-state index is 10.9. The maximum Gasteiger partial charge on any atom is 0.211 e. The van der Waals surface area contributed by atoms with Gasteiger partial charge in [0, 0.05) is 19.6 Å². The Morgan fingerprint density at radius 3 is 2.50 bits per heavy atom. The van der Waals surface area contributed by atoms with E-state index in [9.17, 15) is 5.11 Å². The quantitative estimate of drug-likeness (QED) is 0.925. The lowest BCUT2D eigenvalue weighted by atomic mass is 9.89. The van der Waals surface area contributed by atoms with Crippen molar-refractivity contribution in [3.63, 3.8) is 0 Å². The number of aromatic nitrogens is 1. The Bertz CT molecular complexity index is 474. The van der Waals surface area contributed by atoms with Crippen LogP contribution in [0.4, 0.5) is 0 Å². The normalized spacial score (nSPS) is 25.2. The average Bonchev–Trinajstić information content (AvgIpc) is 2.95. The Morgan fingerprint density at radius 1 is 1.23 bits per heavy atom. The van der Waals surface area contributed by atoms with Crippen LogP contribution in [-0.4, -0.2) is 58.2 Å². The summed E-state index contributed by atoms with van der Waals surface area (Å²) < 4.78 is 5.65. The van der Waals surface area contributed by atoms with Crippen molar-refractivity contribution in [2.45, 2.75) is 57.6 Å². The second kappa shape index (κ2) is 6.69. The van der Waals surface area contributed by atoms with Crippen molar-refractivity contribution in [3.05, 3.63) is 17.8 Å². The largest absolute Gasteiger partial charge is 0.444 e. The van der Waals surface area contributed by atoms with E-state index in [2.05, 4.69) is 21.7 Å². The van der Waals surface area contributed by atoms with Crippen LogP contribution in [0, 0.1) is 6.92 Å². The zero-order valence-electron chi connectivity index (χ0n) is 13.9. The number of piperidine rings is 2. The average molecular weight is 307 g/mol. The van der Waals surface area contributed by atoms with Gasteiger partial charge in [0.1, 0.15) is 5.76 Å². The molecule has 1 aromatic rings. The number of aryl methyl sites for hydroxylation is 1. The second-order valence-corrected chi connectivity index (χ2v) is 7.08. The smallest absolute Gasteiger partial charge is 0.211 e. The molecule has 0 bridgehead atoms. The fourth-order valence-electron chi connectivity index (χ4n) is 3.74. The standard InChI is InChI=1S/C17H29N3O2/c1-14-12-18-16(22-14)15(2)20-10-6-17(21,7-11-20)13-19-8-4-3-5-9-19/h12,15,21H,3-11,13H2,1-2H3. The molecule has 2 aliphatic rings. The molecule has 124 valence electrons. The molecular weight excluding hydrogens is 278 g/mol. The molecule has 1 aromatic heterocycles. The van der Waals surface area contributed by atoms with Gasteiger partial charge >= 0.3 is 0 Å². The first-order chi connectivity index (χ1) is 10.6. The van der Waals surface area contributed by atoms with Crippen LogP contribution in [0.3, 0.4) is 0 Å². The monoisotopic (exact) mass is 307 g/mol. The minimum absolute atomic E-state index is 0.188. The highest BCUT2D eigenvalue weighted by Crippen LogP contribution is 2.30. The summed E-state index contributed by atoms with van der Waals surface area (Å²) in [5, 5.41) is 10.9. The Morgan fingerprint density at radius 2 is 1.91 bits per heavy atom. The molecule has 0 radical (unpaired) electrons. The number of β-amino-alcohol motifs (C(OH)–C–C–N with tert-alkyl or cyclic N) is 1. The molecule has 5 heteroatoms. The van der Waals surface area contributed by atoms with Gasteiger partial charge in [-0.25, -0.2) is 4.98 Å². The lowest BCUT2D eigenvalue weighted by molar-refractivity contribution is -0.0561. The van der Waals surface area contributed by atoms with Crippen molar-refractivity contribution < 1.29 is 9.52 Å². The Labute approximate surface area is 133 Å². The molecule has 1 unspecified atom stereocenters. The highest BCUT2D eigenvalue weighted by molar-refractivity contribution is 4.98. The van der Waals surface area contributed by atoms with Crippen LogP contribution in [-0.2, 0) is 0 Å². The highest BCUT2D eigenvalue weighted by Gasteiger charge is 2.36. The number of likely N-dealkylation sites (tertiary alicyclic amines) is 2. The number of hydrogen-bond donors (Lipinski definition) is 1. The van der Waals surface area contributed by atoms with Crippen molar-refractivity contribution in [2.75, 3.05) is 32.7 Å². The minimum atomic E-state index is -0.514. The number of hydrogen-bond acceptors (Lipinski definition) is 5. The zero-order valence-corrected chi connectivity index (χ0v) is 13.9. The van der Waals surface area contributed by atoms with Gasteiger partial charge in [0.25, 0.3) is 0 Å². The van der Waals surface area contributed by atoms with E-state index in [1.807, 2.05) is 6.92 Å². The minimum Gasteiger partial charge on any atom is -0.444 e. The molecule has 0 aromatic carbocycles. The summed E-state index contributed by atoms with van der Waals surface area (Å²) in [5.41, 5.74) is -0.514. The lowest BCUT2D eigenvalue weighted by Gasteiger charge is -2.43. The molecule has 0 amide bonds. The van der Waals surface area contributed by atoms with Gasteiger partial charge in [-0.05, 0) is 52.6 Å². The van der Waals surface area contributed by atoms with Crippen LogP contribution in [0.1, 0.15) is 56.7 Å². The summed E-state index contributed by atoms with van der Waals surface area (Å²) in [4.78, 5) is 9.16. The second-order valence-electron chi connectivity index (χ2n) is 7.08. The maximum absolute atomic E-state index is 10.9. The van der Waals surface area contributed by atoms with E-state index >= 15 is 0 Å². The van der Waals surface area contributed by atoms with Crippen LogP contribution in [0.5, 0.6) is 0 Å². The van der Waals surface area contributed by atoms with E-state index in [-0.39, 0.29) is 6.04 Å². The molecule has 0 aliphatic carbocycles. The van der Waals surface area contributed by atoms with E-state index < -0.39 is 5.60 Å². The third-order valence-electron chi connectivity index (χ3n) is 5.24. The summed E-state index contributed by atoms with van der Waals surface area (Å²) in [5.74, 6) is 1.65. The molecule has 2 saturated heterocycles. The van der Waals surface area contributed by atoms with Crippen LogP contribution in [0.15, 0.2) is 10.6 Å². The number of rotatable bonds is 4. The van der Waals surface area contributed by atoms with E-state index in [4.69, 9.17) is 4.42 Å². The third-order valence-corrected chi connectivity index (χ3v) is 5.24. The summed E-state index contributed by atoms with van der Waals surface area (Å²) in [6, 6.07) is 0.188. The summed E-state index contributed by atoms with van der Waals surface area (Å²) in [6.07, 6.45) is 7.37. The molecule has 2 fully saturated rings. The summed E-state index contributed by atoms with van der Waals surface area (Å²) in [6.45, 7) is 9.03. The fourth-order valence-corrected chi connectivity index (χ4v) is 3.74. The predicted octanol–water partition coefficient (Wildman–Crippen LogP) is 2.36. The molecule has 3 rings (SSSR count). The Kier molecular flexibility index (Phi) is 4.85. The van der Waals surface area contributed by atoms with Crippen LogP contribution < -0.4 is 0 Å². The van der Waals surface area contributed by atoms with E-state index in [1.165, 1.54) is 19.3 Å². The molecular formula is C17H29N3O2. The zero-order chi connectivity index (χ0) is 15.6. The first kappa shape index (κ1) is 16.0. The SMILES string of the molecule is Cc1cnc(C(C)N2CCC(O)(CN3CCCCC3)CC2)o1. The molecule has 0 saturated carbocycles. The fraction of sp³-hybridized carbons (Fsp3) is 0.824. The van der Waals surface area contributed by atoms with Crippen molar-refractivity contribution in [1.82, 2.24) is 14.8 Å². The van der Waals surface area contributed by atoms with Crippen molar-refractivity contribution in [2.24, 2.45) is 0 Å². The number of oxazole rings is 1. The number of aliphatic hydroxyl groups is 1. The highest BCUT2D eigenvalue weighted by atomic mass is 16.4. The van der Waals surface area contributed by atoms with Crippen molar-refractivity contribution in [1.29, 1.82) is 0 Å². The van der Waals surface area contributed by atoms with E-state index in [0.29, 0.717) is 0 Å². The molecule has 5 nitrogen and oxygen atoms in total. The van der Waals surface area contributed by atoms with E-state index in [0.717, 1.165) is 57.2 Å². The Balaban J connectivity index is 1.52. The van der Waals surface area contributed by atoms with Gasteiger partial charge in [-0.15, -0.1) is 0 Å². The lowest BCUT2D eigenvalue weighted by Crippen LogP contribution is -2.52. The van der Waals surface area contributed by atoms with Gasteiger partial charge in [0.05, 0.1) is 17.8 Å². The molecule has 3 heterocycles. The number of nitrogens with zero attached hydrogens (tertiary/aromatic N) is 3. The summed E-state index contributed by atoms with van der Waals surface area (Å²) in [7, 11) is 0. The van der Waals surface area contributed by atoms with Gasteiger partial charge in [-0.2, -0.15) is 0 Å². The molecule has 1 atom stereocenters. The first-order valence-corrected chi connectivity index (χ1v) is 8.67. The van der Waals surface area contributed by atoms with Crippen LogP contribution >= 0.6 is 0 Å². The molecule has 2 aliphatic heterocycles. The van der Waals surface area contributed by atoms with Gasteiger partial charge in [-0.3, -0.25) is 4.90 Å². The van der Waals surface area contributed by atoms with Gasteiger partial charge in [-0.1, -0.05) is 6.42 Å². The topological polar surface area (TPSA) is 52.7 Å². The van der Waals surface area contributed by atoms with E-state index in [1.54, 1.807) is 6.20 Å².